The zero-order valence-corrected chi connectivity index (χ0v) is 10.3. The van der Waals surface area contributed by atoms with Gasteiger partial charge in [0.2, 0.25) is 0 Å². The molecule has 0 radical (unpaired) electrons. The molecule has 0 aliphatic rings. The summed E-state index contributed by atoms with van der Waals surface area (Å²) < 4.78 is 5.04. The van der Waals surface area contributed by atoms with Gasteiger partial charge in [0, 0.05) is 0 Å². The Labute approximate surface area is 102 Å². The van der Waals surface area contributed by atoms with E-state index in [2.05, 4.69) is 0 Å². The molecule has 3 heteroatoms. The van der Waals surface area contributed by atoms with Crippen LogP contribution in [-0.2, 0) is 9.53 Å². The van der Waals surface area contributed by atoms with Gasteiger partial charge in [0.15, 0.2) is 0 Å². The second-order valence-electron chi connectivity index (χ2n) is 4.21. The number of esters is 1. The van der Waals surface area contributed by atoms with Crippen molar-refractivity contribution in [3.63, 3.8) is 0 Å². The molecule has 0 saturated heterocycles. The highest BCUT2D eigenvalue weighted by molar-refractivity contribution is 5.75. The van der Waals surface area contributed by atoms with Crippen LogP contribution < -0.4 is 5.73 Å². The van der Waals surface area contributed by atoms with Crippen LogP contribution in [0.5, 0.6) is 0 Å². The Morgan fingerprint density at radius 3 is 2.59 bits per heavy atom. The first-order valence-corrected chi connectivity index (χ1v) is 5.75. The number of carbonyl (C=O) groups is 1. The monoisotopic (exact) mass is 233 g/mol. The number of ether oxygens (including phenoxy) is 1. The first-order valence-electron chi connectivity index (χ1n) is 5.75. The highest BCUT2D eigenvalue weighted by Crippen LogP contribution is 2.02. The van der Waals surface area contributed by atoms with E-state index in [1.807, 2.05) is 50.3 Å². The molecule has 0 aromatic heterocycles. The van der Waals surface area contributed by atoms with Gasteiger partial charge in [0.1, 0.15) is 12.6 Å². The number of hydrogen-bond donors (Lipinski definition) is 1. The predicted molar refractivity (Wildman–Crippen MR) is 69.2 cm³/mol. The second-order valence-corrected chi connectivity index (χ2v) is 4.21. The van der Waals surface area contributed by atoms with Gasteiger partial charge in [-0.05, 0) is 17.6 Å². The van der Waals surface area contributed by atoms with Gasteiger partial charge in [0.05, 0.1) is 0 Å². The van der Waals surface area contributed by atoms with Crippen LogP contribution in [0.4, 0.5) is 0 Å². The predicted octanol–water partition coefficient (Wildman–Crippen LogP) is 2.23. The van der Waals surface area contributed by atoms with Crippen LogP contribution >= 0.6 is 0 Å². The number of carbonyl (C=O) groups excluding carboxylic acids is 1. The topological polar surface area (TPSA) is 52.3 Å². The minimum Gasteiger partial charge on any atom is -0.460 e. The van der Waals surface area contributed by atoms with Gasteiger partial charge in [0.25, 0.3) is 0 Å². The van der Waals surface area contributed by atoms with Crippen molar-refractivity contribution in [2.75, 3.05) is 6.61 Å². The van der Waals surface area contributed by atoms with Crippen molar-refractivity contribution in [2.24, 2.45) is 11.7 Å². The van der Waals surface area contributed by atoms with E-state index in [-0.39, 0.29) is 18.5 Å². The molecule has 2 N–H and O–H groups in total. The van der Waals surface area contributed by atoms with E-state index in [9.17, 15) is 4.79 Å². The van der Waals surface area contributed by atoms with Gasteiger partial charge in [-0.25, -0.2) is 0 Å². The van der Waals surface area contributed by atoms with Crippen LogP contribution in [0.1, 0.15) is 19.4 Å². The number of nitrogens with two attached hydrogens (primary N) is 1. The summed E-state index contributed by atoms with van der Waals surface area (Å²) in [5.74, 6) is -0.252. The Morgan fingerprint density at radius 2 is 2.00 bits per heavy atom. The SMILES string of the molecule is CC(C)C(N)C(=O)OC/C=C/c1ccccc1. The van der Waals surface area contributed by atoms with Crippen LogP contribution in [0.2, 0.25) is 0 Å². The third-order valence-corrected chi connectivity index (χ3v) is 2.42. The maximum absolute atomic E-state index is 11.4. The molecule has 0 spiro atoms. The Balaban J connectivity index is 2.33. The summed E-state index contributed by atoms with van der Waals surface area (Å²) in [5.41, 5.74) is 6.73. The first kappa shape index (κ1) is 13.5. The summed E-state index contributed by atoms with van der Waals surface area (Å²) in [6.07, 6.45) is 3.72. The summed E-state index contributed by atoms with van der Waals surface area (Å²) >= 11 is 0. The molecule has 0 heterocycles. The second kappa shape index (κ2) is 6.86. The lowest BCUT2D eigenvalue weighted by Gasteiger charge is -2.13. The molecule has 0 saturated carbocycles. The maximum atomic E-state index is 11.4. The van der Waals surface area contributed by atoms with E-state index < -0.39 is 6.04 Å². The van der Waals surface area contributed by atoms with E-state index in [4.69, 9.17) is 10.5 Å². The zero-order chi connectivity index (χ0) is 12.7. The van der Waals surface area contributed by atoms with Crippen LogP contribution in [0.15, 0.2) is 36.4 Å². The minimum atomic E-state index is -0.542. The quantitative estimate of drug-likeness (QED) is 0.793. The zero-order valence-electron chi connectivity index (χ0n) is 10.3. The van der Waals surface area contributed by atoms with Crippen molar-refractivity contribution in [1.29, 1.82) is 0 Å². The molecule has 3 nitrogen and oxygen atoms in total. The Bertz CT molecular complexity index is 371. The highest BCUT2D eigenvalue weighted by atomic mass is 16.5. The van der Waals surface area contributed by atoms with Gasteiger partial charge >= 0.3 is 5.97 Å². The maximum Gasteiger partial charge on any atom is 0.323 e. The fourth-order valence-corrected chi connectivity index (χ4v) is 1.25. The molecule has 0 aliphatic heterocycles. The third kappa shape index (κ3) is 4.83. The van der Waals surface area contributed by atoms with Crippen molar-refractivity contribution in [1.82, 2.24) is 0 Å². The molecule has 1 unspecified atom stereocenters. The molecule has 1 aromatic carbocycles. The molecule has 0 fully saturated rings. The lowest BCUT2D eigenvalue weighted by Crippen LogP contribution is -2.36. The normalized spacial score (nSPS) is 12.9. The molecule has 1 rings (SSSR count). The molecule has 0 amide bonds. The van der Waals surface area contributed by atoms with Crippen molar-refractivity contribution in [3.05, 3.63) is 42.0 Å². The molecular weight excluding hydrogens is 214 g/mol. The largest absolute Gasteiger partial charge is 0.460 e. The number of benzene rings is 1. The fourth-order valence-electron chi connectivity index (χ4n) is 1.25. The van der Waals surface area contributed by atoms with Crippen LogP contribution in [0.3, 0.4) is 0 Å². The lowest BCUT2D eigenvalue weighted by molar-refractivity contribution is -0.144. The molecule has 1 atom stereocenters. The van der Waals surface area contributed by atoms with E-state index in [0.717, 1.165) is 5.56 Å². The average molecular weight is 233 g/mol. The number of hydrogen-bond acceptors (Lipinski definition) is 3. The Hall–Kier alpha value is -1.61. The fraction of sp³-hybridized carbons (Fsp3) is 0.357. The van der Waals surface area contributed by atoms with Crippen molar-refractivity contribution in [3.8, 4) is 0 Å². The summed E-state index contributed by atoms with van der Waals surface area (Å²) in [6, 6.07) is 9.30. The van der Waals surface area contributed by atoms with E-state index >= 15 is 0 Å². The lowest BCUT2D eigenvalue weighted by atomic mass is 10.1. The standard InChI is InChI=1S/C14H19NO2/c1-11(2)13(15)14(16)17-10-6-9-12-7-4-3-5-8-12/h3-9,11,13H,10,15H2,1-2H3/b9-6+. The molecule has 0 bridgehead atoms. The van der Waals surface area contributed by atoms with Crippen molar-refractivity contribution in [2.45, 2.75) is 19.9 Å². The summed E-state index contributed by atoms with van der Waals surface area (Å²) in [5, 5.41) is 0. The molecule has 92 valence electrons. The van der Waals surface area contributed by atoms with E-state index in [0.29, 0.717) is 0 Å². The Kier molecular flexibility index (Phi) is 5.43. The Morgan fingerprint density at radius 1 is 1.35 bits per heavy atom. The van der Waals surface area contributed by atoms with Gasteiger partial charge < -0.3 is 10.5 Å². The minimum absolute atomic E-state index is 0.0978. The molecular formula is C14H19NO2. The van der Waals surface area contributed by atoms with Crippen LogP contribution in [-0.4, -0.2) is 18.6 Å². The summed E-state index contributed by atoms with van der Waals surface area (Å²) in [4.78, 5) is 11.4. The smallest absolute Gasteiger partial charge is 0.323 e. The van der Waals surface area contributed by atoms with Crippen molar-refractivity contribution >= 4 is 12.0 Å². The molecule has 0 aliphatic carbocycles. The van der Waals surface area contributed by atoms with Crippen LogP contribution in [0.25, 0.3) is 6.08 Å². The van der Waals surface area contributed by atoms with Gasteiger partial charge in [-0.2, -0.15) is 0 Å². The number of rotatable bonds is 5. The van der Waals surface area contributed by atoms with E-state index in [1.165, 1.54) is 0 Å². The van der Waals surface area contributed by atoms with Crippen molar-refractivity contribution < 1.29 is 9.53 Å². The highest BCUT2D eigenvalue weighted by Gasteiger charge is 2.17. The van der Waals surface area contributed by atoms with Gasteiger partial charge in [-0.1, -0.05) is 50.3 Å². The van der Waals surface area contributed by atoms with Crippen LogP contribution in [0, 0.1) is 5.92 Å². The van der Waals surface area contributed by atoms with E-state index in [1.54, 1.807) is 6.08 Å². The first-order chi connectivity index (χ1) is 8.11. The third-order valence-electron chi connectivity index (χ3n) is 2.42. The van der Waals surface area contributed by atoms with Gasteiger partial charge in [-0.15, -0.1) is 0 Å². The summed E-state index contributed by atoms with van der Waals surface area (Å²) in [7, 11) is 0. The molecule has 1 aromatic rings. The summed E-state index contributed by atoms with van der Waals surface area (Å²) in [6.45, 7) is 4.05. The van der Waals surface area contributed by atoms with Gasteiger partial charge in [-0.3, -0.25) is 4.79 Å². The molecule has 17 heavy (non-hydrogen) atoms. The average Bonchev–Trinajstić information content (AvgIpc) is 2.34.